The number of carbonyl (C=O) groups excluding carboxylic acids is 1. The topological polar surface area (TPSA) is 57.3 Å². The number of rotatable bonds is 3. The normalized spacial score (nSPS) is 14.3. The molecule has 0 unspecified atom stereocenters. The number of pyridine rings is 1. The summed E-state index contributed by atoms with van der Waals surface area (Å²) in [6.45, 7) is 5.90. The number of piperazine rings is 1. The molecule has 0 aliphatic carbocycles. The fourth-order valence-electron chi connectivity index (χ4n) is 2.35. The molecule has 0 saturated carbocycles. The Hall–Kier alpha value is -1.63. The van der Waals surface area contributed by atoms with Gasteiger partial charge < -0.3 is 15.5 Å². The SMILES string of the molecule is Cc1cscc1C(=O)Nc1ccc(N2CCNCC2)cn1.Cl. The Labute approximate surface area is 140 Å². The number of anilines is 2. The largest absolute Gasteiger partial charge is 0.368 e. The van der Waals surface area contributed by atoms with Crippen molar-refractivity contribution >= 4 is 41.2 Å². The van der Waals surface area contributed by atoms with Crippen LogP contribution in [0.2, 0.25) is 0 Å². The number of hydrogen-bond acceptors (Lipinski definition) is 5. The van der Waals surface area contributed by atoms with Crippen LogP contribution in [-0.4, -0.2) is 37.1 Å². The molecule has 1 aliphatic rings. The number of carbonyl (C=O) groups is 1. The van der Waals surface area contributed by atoms with Gasteiger partial charge in [0.15, 0.2) is 0 Å². The minimum absolute atomic E-state index is 0. The lowest BCUT2D eigenvalue weighted by molar-refractivity contribution is 0.102. The predicted molar refractivity (Wildman–Crippen MR) is 93.6 cm³/mol. The maximum absolute atomic E-state index is 12.1. The van der Waals surface area contributed by atoms with Crippen LogP contribution in [0, 0.1) is 6.92 Å². The number of halogens is 1. The Morgan fingerprint density at radius 2 is 2.09 bits per heavy atom. The van der Waals surface area contributed by atoms with Crippen LogP contribution < -0.4 is 15.5 Å². The molecular weight excluding hydrogens is 320 g/mol. The first-order valence-corrected chi connectivity index (χ1v) is 7.94. The van der Waals surface area contributed by atoms with Gasteiger partial charge in [-0.2, -0.15) is 11.3 Å². The third-order valence-electron chi connectivity index (χ3n) is 3.57. The van der Waals surface area contributed by atoms with E-state index >= 15 is 0 Å². The Balaban J connectivity index is 0.00000176. The molecule has 2 aromatic rings. The number of nitrogens with one attached hydrogen (secondary N) is 2. The van der Waals surface area contributed by atoms with E-state index in [1.54, 1.807) is 0 Å². The summed E-state index contributed by atoms with van der Waals surface area (Å²) in [6.07, 6.45) is 1.82. The zero-order valence-electron chi connectivity index (χ0n) is 12.3. The molecular formula is C15H19ClN4OS. The second-order valence-corrected chi connectivity index (χ2v) is 5.80. The first kappa shape index (κ1) is 16.7. The van der Waals surface area contributed by atoms with Gasteiger partial charge in [0.05, 0.1) is 17.4 Å². The van der Waals surface area contributed by atoms with Crippen molar-refractivity contribution in [3.63, 3.8) is 0 Å². The van der Waals surface area contributed by atoms with E-state index in [1.165, 1.54) is 11.3 Å². The van der Waals surface area contributed by atoms with Gasteiger partial charge in [0.25, 0.3) is 5.91 Å². The number of aryl methyl sites for hydroxylation is 1. The molecule has 0 atom stereocenters. The smallest absolute Gasteiger partial charge is 0.257 e. The lowest BCUT2D eigenvalue weighted by atomic mass is 10.2. The highest BCUT2D eigenvalue weighted by atomic mass is 35.5. The third kappa shape index (κ3) is 3.76. The van der Waals surface area contributed by atoms with Crippen molar-refractivity contribution in [3.8, 4) is 0 Å². The van der Waals surface area contributed by atoms with E-state index < -0.39 is 0 Å². The summed E-state index contributed by atoms with van der Waals surface area (Å²) in [5.74, 6) is 0.487. The van der Waals surface area contributed by atoms with Crippen molar-refractivity contribution in [1.29, 1.82) is 0 Å². The molecule has 118 valence electrons. The Morgan fingerprint density at radius 1 is 1.32 bits per heavy atom. The number of aromatic nitrogens is 1. The van der Waals surface area contributed by atoms with Gasteiger partial charge in [0, 0.05) is 31.6 Å². The molecule has 3 heterocycles. The fourth-order valence-corrected chi connectivity index (χ4v) is 3.18. The first-order chi connectivity index (χ1) is 10.2. The Kier molecular flexibility index (Phi) is 5.76. The lowest BCUT2D eigenvalue weighted by Crippen LogP contribution is -2.43. The summed E-state index contributed by atoms with van der Waals surface area (Å²) >= 11 is 1.53. The van der Waals surface area contributed by atoms with E-state index in [4.69, 9.17) is 0 Å². The van der Waals surface area contributed by atoms with E-state index in [0.29, 0.717) is 11.4 Å². The van der Waals surface area contributed by atoms with Crippen LogP contribution in [0.4, 0.5) is 11.5 Å². The van der Waals surface area contributed by atoms with Crippen LogP contribution >= 0.6 is 23.7 Å². The van der Waals surface area contributed by atoms with Gasteiger partial charge in [-0.15, -0.1) is 12.4 Å². The summed E-state index contributed by atoms with van der Waals surface area (Å²) < 4.78 is 0. The molecule has 7 heteroatoms. The van der Waals surface area contributed by atoms with Crippen molar-refractivity contribution in [1.82, 2.24) is 10.3 Å². The summed E-state index contributed by atoms with van der Waals surface area (Å²) in [5, 5.41) is 9.99. The van der Waals surface area contributed by atoms with Crippen LogP contribution in [0.1, 0.15) is 15.9 Å². The minimum atomic E-state index is -0.101. The highest BCUT2D eigenvalue weighted by Crippen LogP contribution is 2.18. The first-order valence-electron chi connectivity index (χ1n) is 7.00. The van der Waals surface area contributed by atoms with Crippen LogP contribution in [0.5, 0.6) is 0 Å². The number of nitrogens with zero attached hydrogens (tertiary/aromatic N) is 2. The van der Waals surface area contributed by atoms with Crippen LogP contribution in [-0.2, 0) is 0 Å². The molecule has 1 aliphatic heterocycles. The van der Waals surface area contributed by atoms with E-state index in [0.717, 1.165) is 37.4 Å². The molecule has 1 fully saturated rings. The Morgan fingerprint density at radius 3 is 2.68 bits per heavy atom. The molecule has 2 N–H and O–H groups in total. The Bertz CT molecular complexity index is 623. The second-order valence-electron chi connectivity index (χ2n) is 5.06. The molecule has 5 nitrogen and oxygen atoms in total. The predicted octanol–water partition coefficient (Wildman–Crippen LogP) is 2.54. The van der Waals surface area contributed by atoms with Gasteiger partial charge >= 0.3 is 0 Å². The van der Waals surface area contributed by atoms with E-state index in [1.807, 2.05) is 36.0 Å². The van der Waals surface area contributed by atoms with Crippen LogP contribution in [0.15, 0.2) is 29.1 Å². The molecule has 0 aromatic carbocycles. The molecule has 0 bridgehead atoms. The minimum Gasteiger partial charge on any atom is -0.368 e. The maximum Gasteiger partial charge on any atom is 0.257 e. The van der Waals surface area contributed by atoms with Crippen LogP contribution in [0.3, 0.4) is 0 Å². The average Bonchev–Trinajstić information content (AvgIpc) is 2.95. The zero-order valence-corrected chi connectivity index (χ0v) is 14.0. The van der Waals surface area contributed by atoms with Gasteiger partial charge in [-0.3, -0.25) is 4.79 Å². The number of hydrogen-bond donors (Lipinski definition) is 2. The monoisotopic (exact) mass is 338 g/mol. The molecule has 2 aromatic heterocycles. The van der Waals surface area contributed by atoms with Crippen molar-refractivity contribution in [2.24, 2.45) is 0 Å². The second kappa shape index (κ2) is 7.58. The molecule has 3 rings (SSSR count). The van der Waals surface area contributed by atoms with E-state index in [-0.39, 0.29) is 18.3 Å². The van der Waals surface area contributed by atoms with Crippen molar-refractivity contribution in [2.75, 3.05) is 36.4 Å². The zero-order chi connectivity index (χ0) is 14.7. The summed E-state index contributed by atoms with van der Waals surface area (Å²) in [4.78, 5) is 18.8. The molecule has 0 radical (unpaired) electrons. The van der Waals surface area contributed by atoms with Gasteiger partial charge in [-0.05, 0) is 30.0 Å². The molecule has 0 spiro atoms. The quantitative estimate of drug-likeness (QED) is 0.903. The highest BCUT2D eigenvalue weighted by Gasteiger charge is 2.13. The highest BCUT2D eigenvalue weighted by molar-refractivity contribution is 7.08. The van der Waals surface area contributed by atoms with Crippen molar-refractivity contribution < 1.29 is 4.79 Å². The third-order valence-corrected chi connectivity index (χ3v) is 4.43. The summed E-state index contributed by atoms with van der Waals surface area (Å²) in [7, 11) is 0. The number of thiophene rings is 1. The van der Waals surface area contributed by atoms with Gasteiger partial charge in [0.2, 0.25) is 0 Å². The van der Waals surface area contributed by atoms with Crippen LogP contribution in [0.25, 0.3) is 0 Å². The average molecular weight is 339 g/mol. The molecule has 1 saturated heterocycles. The van der Waals surface area contributed by atoms with E-state index in [2.05, 4.69) is 20.5 Å². The van der Waals surface area contributed by atoms with Crippen molar-refractivity contribution in [2.45, 2.75) is 6.92 Å². The summed E-state index contributed by atoms with van der Waals surface area (Å²) in [5.41, 5.74) is 2.81. The fraction of sp³-hybridized carbons (Fsp3) is 0.333. The molecule has 22 heavy (non-hydrogen) atoms. The molecule has 1 amide bonds. The lowest BCUT2D eigenvalue weighted by Gasteiger charge is -2.29. The van der Waals surface area contributed by atoms with Crippen molar-refractivity contribution in [3.05, 3.63) is 40.2 Å². The maximum atomic E-state index is 12.1. The van der Waals surface area contributed by atoms with Gasteiger partial charge in [0.1, 0.15) is 5.82 Å². The van der Waals surface area contributed by atoms with E-state index in [9.17, 15) is 4.79 Å². The van der Waals surface area contributed by atoms with Gasteiger partial charge in [-0.1, -0.05) is 0 Å². The summed E-state index contributed by atoms with van der Waals surface area (Å²) in [6, 6.07) is 3.87. The standard InChI is InChI=1S/C15H18N4OS.ClH/c1-11-9-21-10-13(11)15(20)18-14-3-2-12(8-17-14)19-6-4-16-5-7-19;/h2-3,8-10,16H,4-7H2,1H3,(H,17,18,20);1H. The van der Waals surface area contributed by atoms with Gasteiger partial charge in [-0.25, -0.2) is 4.98 Å². The number of amides is 1.